The Labute approximate surface area is 103 Å². The molecule has 0 radical (unpaired) electrons. The Morgan fingerprint density at radius 2 is 1.67 bits per heavy atom. The molecule has 0 aromatic heterocycles. The zero-order valence-electron chi connectivity index (χ0n) is 9.54. The van der Waals surface area contributed by atoms with Gasteiger partial charge in [-0.25, -0.2) is 0 Å². The first-order valence-electron chi connectivity index (χ1n) is 5.07. The van der Waals surface area contributed by atoms with Gasteiger partial charge in [-0.05, 0) is 25.1 Å². The molecule has 6 heteroatoms. The predicted octanol–water partition coefficient (Wildman–Crippen LogP) is 0.515. The third-order valence-corrected chi connectivity index (χ3v) is 2.23. The average Bonchev–Trinajstić information content (AvgIpc) is 2.37. The van der Waals surface area contributed by atoms with Gasteiger partial charge in [-0.2, -0.15) is 0 Å². The van der Waals surface area contributed by atoms with Crippen molar-refractivity contribution >= 4 is 24.4 Å². The topological polar surface area (TPSA) is 101 Å². The van der Waals surface area contributed by atoms with E-state index in [1.165, 1.54) is 25.1 Å². The van der Waals surface area contributed by atoms with Crippen LogP contribution in [-0.4, -0.2) is 35.6 Å². The van der Waals surface area contributed by atoms with Crippen molar-refractivity contribution in [2.75, 3.05) is 0 Å². The number of amides is 1. The molecule has 1 amide bonds. The summed E-state index contributed by atoms with van der Waals surface area (Å²) in [6, 6.07) is 2.84. The van der Waals surface area contributed by atoms with Gasteiger partial charge in [0.25, 0.3) is 5.91 Å². The number of hydrogen-bond donors (Lipinski definition) is 2. The third-order valence-electron chi connectivity index (χ3n) is 2.23. The molecular formula is C12H11NO5. The first kappa shape index (κ1) is 13.6. The molecule has 0 fully saturated rings. The van der Waals surface area contributed by atoms with Gasteiger partial charge in [-0.3, -0.25) is 19.2 Å². The van der Waals surface area contributed by atoms with Crippen molar-refractivity contribution in [3.63, 3.8) is 0 Å². The summed E-state index contributed by atoms with van der Waals surface area (Å²) in [5.74, 6) is -1.83. The highest BCUT2D eigenvalue weighted by Crippen LogP contribution is 2.08. The largest absolute Gasteiger partial charge is 0.480 e. The van der Waals surface area contributed by atoms with Gasteiger partial charge in [0.05, 0.1) is 0 Å². The van der Waals surface area contributed by atoms with Gasteiger partial charge in [0.15, 0.2) is 0 Å². The Bertz CT molecular complexity index is 483. The molecule has 1 rings (SSSR count). The Hall–Kier alpha value is -2.50. The zero-order chi connectivity index (χ0) is 13.7. The van der Waals surface area contributed by atoms with E-state index in [1.807, 2.05) is 0 Å². The number of benzene rings is 1. The Balaban J connectivity index is 3.01. The van der Waals surface area contributed by atoms with Crippen LogP contribution < -0.4 is 5.32 Å². The highest BCUT2D eigenvalue weighted by atomic mass is 16.4. The summed E-state index contributed by atoms with van der Waals surface area (Å²) in [6.07, 6.45) is 1.01. The van der Waals surface area contributed by atoms with Crippen molar-refractivity contribution < 1.29 is 24.3 Å². The number of carbonyl (C=O) groups excluding carboxylic acids is 3. The van der Waals surface area contributed by atoms with E-state index in [-0.39, 0.29) is 16.7 Å². The second kappa shape index (κ2) is 5.72. The molecule has 0 bridgehead atoms. The molecule has 0 aliphatic rings. The number of nitrogens with one attached hydrogen (secondary N) is 1. The molecule has 18 heavy (non-hydrogen) atoms. The van der Waals surface area contributed by atoms with Crippen LogP contribution in [0.5, 0.6) is 0 Å². The summed E-state index contributed by atoms with van der Waals surface area (Å²) in [4.78, 5) is 43.6. The van der Waals surface area contributed by atoms with Gasteiger partial charge in [0.1, 0.15) is 18.6 Å². The van der Waals surface area contributed by atoms with Crippen LogP contribution in [0.3, 0.4) is 0 Å². The van der Waals surface area contributed by atoms with E-state index < -0.39 is 17.9 Å². The molecule has 94 valence electrons. The second-order valence-corrected chi connectivity index (χ2v) is 3.66. The van der Waals surface area contributed by atoms with Crippen molar-refractivity contribution in [1.29, 1.82) is 0 Å². The molecule has 0 saturated heterocycles. The maximum atomic E-state index is 11.7. The Kier molecular flexibility index (Phi) is 4.31. The molecule has 1 atom stereocenters. The first-order valence-corrected chi connectivity index (χ1v) is 5.07. The molecule has 0 aliphatic carbocycles. The lowest BCUT2D eigenvalue weighted by molar-refractivity contribution is -0.138. The molecule has 0 spiro atoms. The number of carbonyl (C=O) groups is 4. The molecule has 0 saturated carbocycles. The lowest BCUT2D eigenvalue weighted by Crippen LogP contribution is -2.38. The van der Waals surface area contributed by atoms with Gasteiger partial charge < -0.3 is 10.4 Å². The molecule has 0 heterocycles. The fourth-order valence-corrected chi connectivity index (χ4v) is 1.29. The summed E-state index contributed by atoms with van der Waals surface area (Å²) in [6.45, 7) is 1.31. The number of hydrogen-bond acceptors (Lipinski definition) is 4. The smallest absolute Gasteiger partial charge is 0.325 e. The monoisotopic (exact) mass is 249 g/mol. The maximum Gasteiger partial charge on any atom is 0.325 e. The van der Waals surface area contributed by atoms with Crippen LogP contribution in [0.2, 0.25) is 0 Å². The van der Waals surface area contributed by atoms with E-state index in [1.54, 1.807) is 0 Å². The Morgan fingerprint density at radius 1 is 1.17 bits per heavy atom. The van der Waals surface area contributed by atoms with Crippen LogP contribution in [0.25, 0.3) is 0 Å². The van der Waals surface area contributed by atoms with Crippen molar-refractivity contribution in [1.82, 2.24) is 5.32 Å². The van der Waals surface area contributed by atoms with Crippen molar-refractivity contribution in [3.05, 3.63) is 34.9 Å². The van der Waals surface area contributed by atoms with E-state index in [0.717, 1.165) is 0 Å². The number of carboxylic acid groups (broad SMARTS) is 1. The number of rotatable bonds is 5. The Morgan fingerprint density at radius 3 is 2.06 bits per heavy atom. The second-order valence-electron chi connectivity index (χ2n) is 3.66. The van der Waals surface area contributed by atoms with Crippen LogP contribution in [-0.2, 0) is 4.79 Å². The lowest BCUT2D eigenvalue weighted by atomic mass is 10.1. The van der Waals surface area contributed by atoms with Crippen LogP contribution in [0, 0.1) is 0 Å². The minimum Gasteiger partial charge on any atom is -0.480 e. The van der Waals surface area contributed by atoms with Crippen molar-refractivity contribution in [2.45, 2.75) is 13.0 Å². The van der Waals surface area contributed by atoms with Crippen LogP contribution in [0.4, 0.5) is 0 Å². The molecule has 1 aromatic rings. The van der Waals surface area contributed by atoms with Gasteiger partial charge in [-0.1, -0.05) is 0 Å². The minimum atomic E-state index is -1.18. The van der Waals surface area contributed by atoms with Crippen molar-refractivity contribution in [2.24, 2.45) is 0 Å². The van der Waals surface area contributed by atoms with E-state index >= 15 is 0 Å². The fourth-order valence-electron chi connectivity index (χ4n) is 1.29. The molecular weight excluding hydrogens is 238 g/mol. The fraction of sp³-hybridized carbons (Fsp3) is 0.167. The zero-order valence-corrected chi connectivity index (χ0v) is 9.54. The van der Waals surface area contributed by atoms with E-state index in [9.17, 15) is 19.2 Å². The van der Waals surface area contributed by atoms with Crippen LogP contribution in [0.1, 0.15) is 38.0 Å². The third kappa shape index (κ3) is 3.24. The normalized spacial score (nSPS) is 11.4. The summed E-state index contributed by atoms with van der Waals surface area (Å²) < 4.78 is 0. The predicted molar refractivity (Wildman–Crippen MR) is 61.8 cm³/mol. The van der Waals surface area contributed by atoms with Crippen LogP contribution in [0.15, 0.2) is 18.2 Å². The van der Waals surface area contributed by atoms with Crippen molar-refractivity contribution in [3.8, 4) is 0 Å². The van der Waals surface area contributed by atoms with E-state index in [0.29, 0.717) is 12.6 Å². The van der Waals surface area contributed by atoms with Gasteiger partial charge in [-0.15, -0.1) is 0 Å². The summed E-state index contributed by atoms with van der Waals surface area (Å²) in [5, 5.41) is 10.9. The summed E-state index contributed by atoms with van der Waals surface area (Å²) >= 11 is 0. The minimum absolute atomic E-state index is 0.0646. The standard InChI is InChI=1S/C12H11NO5/c1-7(12(17)18)13-11(16)10-3-8(5-14)2-9(4-10)6-15/h2-7H,1H3,(H,13,16)(H,17,18)/t7-/m0/s1. The number of carboxylic acids is 1. The number of aldehydes is 2. The molecule has 0 unspecified atom stereocenters. The molecule has 1 aromatic carbocycles. The van der Waals surface area contributed by atoms with Gasteiger partial charge >= 0.3 is 5.97 Å². The van der Waals surface area contributed by atoms with Crippen LogP contribution >= 0.6 is 0 Å². The maximum absolute atomic E-state index is 11.7. The molecule has 2 N–H and O–H groups in total. The highest BCUT2D eigenvalue weighted by molar-refractivity contribution is 5.99. The number of aliphatic carboxylic acids is 1. The highest BCUT2D eigenvalue weighted by Gasteiger charge is 2.16. The summed E-state index contributed by atoms with van der Waals surface area (Å²) in [7, 11) is 0. The average molecular weight is 249 g/mol. The van der Waals surface area contributed by atoms with E-state index in [4.69, 9.17) is 5.11 Å². The summed E-state index contributed by atoms with van der Waals surface area (Å²) in [5.41, 5.74) is 0.412. The first-order chi connectivity index (χ1) is 8.47. The lowest BCUT2D eigenvalue weighted by Gasteiger charge is -2.09. The van der Waals surface area contributed by atoms with Gasteiger partial charge in [0.2, 0.25) is 0 Å². The van der Waals surface area contributed by atoms with E-state index in [2.05, 4.69) is 5.32 Å². The van der Waals surface area contributed by atoms with Gasteiger partial charge in [0, 0.05) is 16.7 Å². The molecule has 6 nitrogen and oxygen atoms in total. The quantitative estimate of drug-likeness (QED) is 0.740. The SMILES string of the molecule is C[C@H](NC(=O)c1cc(C=O)cc(C=O)c1)C(=O)O. The molecule has 0 aliphatic heterocycles.